The third-order valence-electron chi connectivity index (χ3n) is 2.61. The Labute approximate surface area is 101 Å². The maximum absolute atomic E-state index is 10.8. The average molecular weight is 264 g/mol. The van der Waals surface area contributed by atoms with Crippen molar-refractivity contribution < 1.29 is 13.0 Å². The Morgan fingerprint density at radius 3 is 2.00 bits per heavy atom. The molecule has 1 fully saturated rings. The Bertz CT molecular complexity index is 438. The Hall–Kier alpha value is -0.780. The van der Waals surface area contributed by atoms with Crippen LogP contribution in [0.1, 0.15) is 12.8 Å². The van der Waals surface area contributed by atoms with Crippen LogP contribution in [-0.2, 0) is 10.1 Å². The van der Waals surface area contributed by atoms with Crippen molar-refractivity contribution in [3.05, 3.63) is 24.3 Å². The van der Waals surface area contributed by atoms with Crippen molar-refractivity contribution in [2.24, 2.45) is 0 Å². The molecular formula is C10H14ClNO3S. The highest BCUT2D eigenvalue weighted by atomic mass is 35.5. The highest BCUT2D eigenvalue weighted by Gasteiger charge is 2.14. The van der Waals surface area contributed by atoms with Crippen LogP contribution >= 0.6 is 12.4 Å². The van der Waals surface area contributed by atoms with Crippen LogP contribution in [0.2, 0.25) is 0 Å². The van der Waals surface area contributed by atoms with Crippen molar-refractivity contribution in [1.82, 2.24) is 0 Å². The van der Waals surface area contributed by atoms with E-state index in [1.807, 2.05) is 0 Å². The van der Waals surface area contributed by atoms with Crippen LogP contribution < -0.4 is 4.90 Å². The van der Waals surface area contributed by atoms with Crippen LogP contribution in [0.25, 0.3) is 0 Å². The number of benzene rings is 1. The van der Waals surface area contributed by atoms with Crippen molar-refractivity contribution in [2.45, 2.75) is 17.7 Å². The molecule has 1 aromatic carbocycles. The minimum absolute atomic E-state index is 0. The molecule has 6 heteroatoms. The van der Waals surface area contributed by atoms with Gasteiger partial charge in [0.25, 0.3) is 10.1 Å². The Kier molecular flexibility index (Phi) is 4.18. The maximum Gasteiger partial charge on any atom is 0.294 e. The lowest BCUT2D eigenvalue weighted by atomic mass is 10.3. The summed E-state index contributed by atoms with van der Waals surface area (Å²) in [4.78, 5) is 2.15. The highest BCUT2D eigenvalue weighted by molar-refractivity contribution is 7.85. The van der Waals surface area contributed by atoms with E-state index in [2.05, 4.69) is 4.90 Å². The zero-order valence-electron chi connectivity index (χ0n) is 8.67. The minimum Gasteiger partial charge on any atom is -0.372 e. The Morgan fingerprint density at radius 2 is 1.56 bits per heavy atom. The molecule has 1 aromatic rings. The fourth-order valence-electron chi connectivity index (χ4n) is 1.80. The first-order chi connectivity index (χ1) is 7.07. The second kappa shape index (κ2) is 5.03. The summed E-state index contributed by atoms with van der Waals surface area (Å²) < 4.78 is 30.4. The molecule has 1 heterocycles. The SMILES string of the molecule is Cl.O=S(=O)(O)c1ccc(N2CCCC2)cc1. The van der Waals surface area contributed by atoms with Gasteiger partial charge in [-0.25, -0.2) is 0 Å². The van der Waals surface area contributed by atoms with Gasteiger partial charge in [-0.3, -0.25) is 4.55 Å². The van der Waals surface area contributed by atoms with Crippen molar-refractivity contribution in [2.75, 3.05) is 18.0 Å². The summed E-state index contributed by atoms with van der Waals surface area (Å²) in [5.74, 6) is 0. The van der Waals surface area contributed by atoms with Gasteiger partial charge < -0.3 is 4.90 Å². The molecule has 2 rings (SSSR count). The lowest BCUT2D eigenvalue weighted by Gasteiger charge is -2.17. The molecular weight excluding hydrogens is 250 g/mol. The van der Waals surface area contributed by atoms with E-state index in [0.29, 0.717) is 0 Å². The van der Waals surface area contributed by atoms with Gasteiger partial charge in [0, 0.05) is 18.8 Å². The second-order valence-electron chi connectivity index (χ2n) is 3.66. The van der Waals surface area contributed by atoms with Gasteiger partial charge in [0.05, 0.1) is 4.90 Å². The predicted octanol–water partition coefficient (Wildman–Crippen LogP) is 1.96. The quantitative estimate of drug-likeness (QED) is 0.829. The summed E-state index contributed by atoms with van der Waals surface area (Å²) >= 11 is 0. The standard InChI is InChI=1S/C10H13NO3S.ClH/c12-15(13,14)10-5-3-9(4-6-10)11-7-1-2-8-11;/h3-6H,1-2,7-8H2,(H,12,13,14);1H. The van der Waals surface area contributed by atoms with Gasteiger partial charge in [0.1, 0.15) is 0 Å². The molecule has 0 aromatic heterocycles. The molecule has 1 N–H and O–H groups in total. The van der Waals surface area contributed by atoms with Crippen LogP contribution in [0, 0.1) is 0 Å². The fourth-order valence-corrected chi connectivity index (χ4v) is 2.28. The molecule has 0 spiro atoms. The average Bonchev–Trinajstić information content (AvgIpc) is 2.69. The number of halogens is 1. The Balaban J connectivity index is 0.00000128. The van der Waals surface area contributed by atoms with E-state index in [9.17, 15) is 8.42 Å². The first kappa shape index (κ1) is 13.3. The van der Waals surface area contributed by atoms with Gasteiger partial charge >= 0.3 is 0 Å². The van der Waals surface area contributed by atoms with Crippen molar-refractivity contribution in [3.63, 3.8) is 0 Å². The molecule has 1 aliphatic rings. The summed E-state index contributed by atoms with van der Waals surface area (Å²) in [5, 5.41) is 0. The van der Waals surface area contributed by atoms with E-state index in [1.165, 1.54) is 25.0 Å². The zero-order chi connectivity index (χ0) is 10.9. The topological polar surface area (TPSA) is 57.6 Å². The zero-order valence-corrected chi connectivity index (χ0v) is 10.3. The van der Waals surface area contributed by atoms with Gasteiger partial charge in [-0.15, -0.1) is 12.4 Å². The molecule has 1 saturated heterocycles. The molecule has 0 saturated carbocycles. The van der Waals surface area contributed by atoms with E-state index >= 15 is 0 Å². The van der Waals surface area contributed by atoms with Crippen LogP contribution in [0.4, 0.5) is 5.69 Å². The molecule has 0 aliphatic carbocycles. The molecule has 0 amide bonds. The third-order valence-corrected chi connectivity index (χ3v) is 3.47. The van der Waals surface area contributed by atoms with Crippen LogP contribution in [0.5, 0.6) is 0 Å². The van der Waals surface area contributed by atoms with Crippen LogP contribution in [0.15, 0.2) is 29.2 Å². The normalized spacial score (nSPS) is 15.9. The van der Waals surface area contributed by atoms with E-state index in [4.69, 9.17) is 4.55 Å². The molecule has 90 valence electrons. The first-order valence-electron chi connectivity index (χ1n) is 4.90. The number of anilines is 1. The van der Waals surface area contributed by atoms with E-state index in [-0.39, 0.29) is 17.3 Å². The summed E-state index contributed by atoms with van der Waals surface area (Å²) in [6.45, 7) is 2.04. The molecule has 1 aliphatic heterocycles. The highest BCUT2D eigenvalue weighted by Crippen LogP contribution is 2.21. The molecule has 4 nitrogen and oxygen atoms in total. The lowest BCUT2D eigenvalue weighted by Crippen LogP contribution is -2.17. The van der Waals surface area contributed by atoms with Crippen LogP contribution in [-0.4, -0.2) is 26.1 Å². The Morgan fingerprint density at radius 1 is 1.06 bits per heavy atom. The molecule has 16 heavy (non-hydrogen) atoms. The van der Waals surface area contributed by atoms with Gasteiger partial charge in [0.2, 0.25) is 0 Å². The van der Waals surface area contributed by atoms with Gasteiger partial charge in [0.15, 0.2) is 0 Å². The van der Waals surface area contributed by atoms with E-state index < -0.39 is 10.1 Å². The smallest absolute Gasteiger partial charge is 0.294 e. The second-order valence-corrected chi connectivity index (χ2v) is 5.08. The molecule has 0 unspecified atom stereocenters. The number of hydrogen-bond donors (Lipinski definition) is 1. The van der Waals surface area contributed by atoms with Crippen molar-refractivity contribution in [1.29, 1.82) is 0 Å². The summed E-state index contributed by atoms with van der Waals surface area (Å²) in [6, 6.07) is 6.33. The monoisotopic (exact) mass is 263 g/mol. The number of hydrogen-bond acceptors (Lipinski definition) is 3. The summed E-state index contributed by atoms with van der Waals surface area (Å²) in [7, 11) is -4.06. The third kappa shape index (κ3) is 2.87. The largest absolute Gasteiger partial charge is 0.372 e. The minimum atomic E-state index is -4.06. The number of rotatable bonds is 2. The summed E-state index contributed by atoms with van der Waals surface area (Å²) in [6.07, 6.45) is 2.36. The summed E-state index contributed by atoms with van der Waals surface area (Å²) in [5.41, 5.74) is 1.01. The predicted molar refractivity (Wildman–Crippen MR) is 65.0 cm³/mol. The van der Waals surface area contributed by atoms with E-state index in [1.54, 1.807) is 12.1 Å². The van der Waals surface area contributed by atoms with Gasteiger partial charge in [-0.1, -0.05) is 0 Å². The van der Waals surface area contributed by atoms with Crippen LogP contribution in [0.3, 0.4) is 0 Å². The fraction of sp³-hybridized carbons (Fsp3) is 0.400. The molecule has 0 bridgehead atoms. The maximum atomic E-state index is 10.8. The van der Waals surface area contributed by atoms with Crippen molar-refractivity contribution >= 4 is 28.2 Å². The molecule has 0 atom stereocenters. The van der Waals surface area contributed by atoms with Gasteiger partial charge in [-0.2, -0.15) is 8.42 Å². The van der Waals surface area contributed by atoms with E-state index in [0.717, 1.165) is 18.8 Å². The molecule has 0 radical (unpaired) electrons. The number of nitrogens with zero attached hydrogens (tertiary/aromatic N) is 1. The lowest BCUT2D eigenvalue weighted by molar-refractivity contribution is 0.483. The first-order valence-corrected chi connectivity index (χ1v) is 6.34. The van der Waals surface area contributed by atoms with Crippen molar-refractivity contribution in [3.8, 4) is 0 Å². The van der Waals surface area contributed by atoms with Gasteiger partial charge in [-0.05, 0) is 37.1 Å².